The van der Waals surface area contributed by atoms with E-state index in [1.165, 1.54) is 0 Å². The van der Waals surface area contributed by atoms with Gasteiger partial charge in [-0.1, -0.05) is 6.42 Å². The Kier molecular flexibility index (Phi) is 3.73. The number of aromatic nitrogens is 2. The van der Waals surface area contributed by atoms with E-state index in [0.29, 0.717) is 18.8 Å². The Balaban J connectivity index is 1.81. The van der Waals surface area contributed by atoms with Gasteiger partial charge in [-0.15, -0.1) is 0 Å². The van der Waals surface area contributed by atoms with E-state index in [4.69, 9.17) is 4.74 Å². The molecule has 0 bridgehead atoms. The van der Waals surface area contributed by atoms with E-state index in [9.17, 15) is 9.59 Å². The predicted molar refractivity (Wildman–Crippen MR) is 84.7 cm³/mol. The van der Waals surface area contributed by atoms with Crippen LogP contribution < -0.4 is 0 Å². The van der Waals surface area contributed by atoms with Crippen molar-refractivity contribution in [3.63, 3.8) is 0 Å². The Hall–Kier alpha value is -1.85. The maximum atomic E-state index is 12.8. The molecule has 1 aliphatic heterocycles. The van der Waals surface area contributed by atoms with E-state index in [1.54, 1.807) is 28.9 Å². The molecule has 1 aromatic heterocycles. The average molecular weight is 319 g/mol. The molecule has 1 amide bonds. The number of carbonyl (C=O) groups excluding carboxylic acids is 2. The first kappa shape index (κ1) is 16.0. The van der Waals surface area contributed by atoms with Gasteiger partial charge in [0.25, 0.3) is 5.91 Å². The molecule has 0 spiro atoms. The highest BCUT2D eigenvalue weighted by molar-refractivity contribution is 5.93. The van der Waals surface area contributed by atoms with Crippen molar-refractivity contribution in [3.05, 3.63) is 18.0 Å². The van der Waals surface area contributed by atoms with Crippen LogP contribution in [0, 0.1) is 11.3 Å². The summed E-state index contributed by atoms with van der Waals surface area (Å²) in [5.74, 6) is 0.00432. The molecule has 2 heterocycles. The molecule has 1 saturated heterocycles. The van der Waals surface area contributed by atoms with Crippen molar-refractivity contribution in [2.75, 3.05) is 13.1 Å². The summed E-state index contributed by atoms with van der Waals surface area (Å²) in [5.41, 5.74) is -0.468. The molecule has 0 radical (unpaired) electrons. The van der Waals surface area contributed by atoms with Crippen LogP contribution in [0.3, 0.4) is 0 Å². The van der Waals surface area contributed by atoms with Gasteiger partial charge < -0.3 is 9.64 Å². The Morgan fingerprint density at radius 1 is 1.39 bits per heavy atom. The third kappa shape index (κ3) is 2.75. The number of ether oxygens (including phenoxy) is 1. The molecular weight excluding hydrogens is 294 g/mol. The van der Waals surface area contributed by atoms with Crippen molar-refractivity contribution >= 4 is 11.9 Å². The number of fused-ring (bicyclic) bond motifs is 1. The number of rotatable bonds is 2. The molecule has 1 saturated carbocycles. The van der Waals surface area contributed by atoms with Gasteiger partial charge in [0.2, 0.25) is 0 Å². The third-order valence-electron chi connectivity index (χ3n) is 5.00. The predicted octanol–water partition coefficient (Wildman–Crippen LogP) is 2.00. The Morgan fingerprint density at radius 3 is 2.74 bits per heavy atom. The SMILES string of the molecule is Cn1nccc1C(=O)N1C[C@@H]2CCC[C@@]2(C(=O)OC(C)(C)C)C1. The number of hydrogen-bond donors (Lipinski definition) is 0. The quantitative estimate of drug-likeness (QED) is 0.782. The van der Waals surface area contributed by atoms with Crippen molar-refractivity contribution in [2.24, 2.45) is 18.4 Å². The van der Waals surface area contributed by atoms with E-state index in [1.807, 2.05) is 20.8 Å². The minimum absolute atomic E-state index is 0.0534. The molecule has 6 nitrogen and oxygen atoms in total. The maximum Gasteiger partial charge on any atom is 0.314 e. The summed E-state index contributed by atoms with van der Waals surface area (Å²) < 4.78 is 7.25. The van der Waals surface area contributed by atoms with Crippen LogP contribution in [0.25, 0.3) is 0 Å². The lowest BCUT2D eigenvalue weighted by Crippen LogP contribution is -2.42. The Labute approximate surface area is 136 Å². The Morgan fingerprint density at radius 2 is 2.13 bits per heavy atom. The zero-order chi connectivity index (χ0) is 16.8. The lowest BCUT2D eigenvalue weighted by atomic mass is 9.80. The summed E-state index contributed by atoms with van der Waals surface area (Å²) >= 11 is 0. The minimum atomic E-state index is -0.526. The monoisotopic (exact) mass is 319 g/mol. The van der Waals surface area contributed by atoms with Crippen LogP contribution in [0.5, 0.6) is 0 Å². The van der Waals surface area contributed by atoms with Gasteiger partial charge in [0.1, 0.15) is 11.3 Å². The van der Waals surface area contributed by atoms with Crippen molar-refractivity contribution < 1.29 is 14.3 Å². The Bertz CT molecular complexity index is 631. The van der Waals surface area contributed by atoms with Gasteiger partial charge in [-0.2, -0.15) is 5.10 Å². The van der Waals surface area contributed by atoms with Crippen LogP contribution in [-0.2, 0) is 16.6 Å². The van der Waals surface area contributed by atoms with Gasteiger partial charge in [-0.3, -0.25) is 14.3 Å². The first-order valence-electron chi connectivity index (χ1n) is 8.24. The first-order chi connectivity index (χ1) is 10.7. The molecule has 23 heavy (non-hydrogen) atoms. The number of carbonyl (C=O) groups is 2. The summed E-state index contributed by atoms with van der Waals surface area (Å²) in [6.45, 7) is 6.75. The van der Waals surface area contributed by atoms with Gasteiger partial charge >= 0.3 is 5.97 Å². The number of aryl methyl sites for hydroxylation is 1. The van der Waals surface area contributed by atoms with Crippen molar-refractivity contribution in [2.45, 2.75) is 45.6 Å². The van der Waals surface area contributed by atoms with Gasteiger partial charge in [0, 0.05) is 26.3 Å². The summed E-state index contributed by atoms with van der Waals surface area (Å²) in [7, 11) is 1.76. The van der Waals surface area contributed by atoms with Crippen molar-refractivity contribution in [1.82, 2.24) is 14.7 Å². The lowest BCUT2D eigenvalue weighted by molar-refractivity contribution is -0.168. The van der Waals surface area contributed by atoms with E-state index in [-0.39, 0.29) is 17.8 Å². The molecule has 126 valence electrons. The number of likely N-dealkylation sites (tertiary alicyclic amines) is 1. The number of hydrogen-bond acceptors (Lipinski definition) is 4. The van der Waals surface area contributed by atoms with E-state index in [0.717, 1.165) is 19.3 Å². The fourth-order valence-electron chi connectivity index (χ4n) is 3.90. The van der Waals surface area contributed by atoms with Crippen molar-refractivity contribution in [3.8, 4) is 0 Å². The molecule has 1 aliphatic carbocycles. The molecule has 0 aromatic carbocycles. The summed E-state index contributed by atoms with van der Waals surface area (Å²) in [6.07, 6.45) is 4.43. The highest BCUT2D eigenvalue weighted by Crippen LogP contribution is 2.50. The molecule has 2 aliphatic rings. The molecule has 2 atom stereocenters. The van der Waals surface area contributed by atoms with Crippen LogP contribution >= 0.6 is 0 Å². The minimum Gasteiger partial charge on any atom is -0.459 e. The second-order valence-corrected chi connectivity index (χ2v) is 7.77. The van der Waals surface area contributed by atoms with E-state index in [2.05, 4.69) is 5.10 Å². The molecule has 0 N–H and O–H groups in total. The molecule has 3 rings (SSSR count). The molecule has 6 heteroatoms. The van der Waals surface area contributed by atoms with Gasteiger partial charge in [0.05, 0.1) is 5.41 Å². The second kappa shape index (κ2) is 5.35. The largest absolute Gasteiger partial charge is 0.459 e. The van der Waals surface area contributed by atoms with E-state index < -0.39 is 11.0 Å². The van der Waals surface area contributed by atoms with Gasteiger partial charge in [-0.05, 0) is 45.6 Å². The summed E-state index contributed by atoms with van der Waals surface area (Å²) in [5, 5.41) is 4.06. The third-order valence-corrected chi connectivity index (χ3v) is 5.00. The van der Waals surface area contributed by atoms with Gasteiger partial charge in [0.15, 0.2) is 0 Å². The molecule has 1 aromatic rings. The average Bonchev–Trinajstić information content (AvgIpc) is 3.08. The molecule has 0 unspecified atom stereocenters. The summed E-state index contributed by atoms with van der Waals surface area (Å²) in [6, 6.07) is 1.72. The fraction of sp³-hybridized carbons (Fsp3) is 0.706. The molecule has 2 fully saturated rings. The number of nitrogens with zero attached hydrogens (tertiary/aromatic N) is 3. The topological polar surface area (TPSA) is 64.4 Å². The fourth-order valence-corrected chi connectivity index (χ4v) is 3.90. The van der Waals surface area contributed by atoms with Gasteiger partial charge in [-0.25, -0.2) is 0 Å². The lowest BCUT2D eigenvalue weighted by Gasteiger charge is -2.31. The normalized spacial score (nSPS) is 27.1. The van der Waals surface area contributed by atoms with Crippen LogP contribution in [-0.4, -0.2) is 45.2 Å². The standard InChI is InChI=1S/C17H25N3O3/c1-16(2,3)23-15(22)17-8-5-6-12(17)10-20(11-17)14(21)13-7-9-18-19(13)4/h7,9,12H,5-6,8,10-11H2,1-4H3/t12-,17+/m0/s1. The maximum absolute atomic E-state index is 12.8. The highest BCUT2D eigenvalue weighted by Gasteiger charge is 2.57. The molecular formula is C17H25N3O3. The van der Waals surface area contributed by atoms with Crippen LogP contribution in [0.1, 0.15) is 50.5 Å². The van der Waals surface area contributed by atoms with E-state index >= 15 is 0 Å². The zero-order valence-electron chi connectivity index (χ0n) is 14.3. The number of esters is 1. The zero-order valence-corrected chi connectivity index (χ0v) is 14.3. The highest BCUT2D eigenvalue weighted by atomic mass is 16.6. The first-order valence-corrected chi connectivity index (χ1v) is 8.24. The van der Waals surface area contributed by atoms with Crippen LogP contribution in [0.2, 0.25) is 0 Å². The van der Waals surface area contributed by atoms with Crippen LogP contribution in [0.15, 0.2) is 12.3 Å². The second-order valence-electron chi connectivity index (χ2n) is 7.77. The smallest absolute Gasteiger partial charge is 0.314 e. The van der Waals surface area contributed by atoms with Crippen LogP contribution in [0.4, 0.5) is 0 Å². The summed E-state index contributed by atoms with van der Waals surface area (Å²) in [4.78, 5) is 27.3. The van der Waals surface area contributed by atoms with Crippen molar-refractivity contribution in [1.29, 1.82) is 0 Å². The number of amides is 1.